The molecule has 33 heavy (non-hydrogen) atoms. The minimum atomic E-state index is -4.34. The summed E-state index contributed by atoms with van der Waals surface area (Å²) >= 11 is 0. The van der Waals surface area contributed by atoms with Crippen LogP contribution in [0.5, 0.6) is 0 Å². The average Bonchev–Trinajstić information content (AvgIpc) is 2.81. The number of carbonyl (C=O) groups is 2. The number of amides is 2. The number of benzene rings is 2. The van der Waals surface area contributed by atoms with E-state index in [1.807, 2.05) is 23.1 Å². The fourth-order valence-corrected chi connectivity index (χ4v) is 4.39. The van der Waals surface area contributed by atoms with E-state index in [0.29, 0.717) is 31.0 Å². The molecule has 1 fully saturated rings. The number of hydrogen-bond acceptors (Lipinski definition) is 4. The molecule has 4 rings (SSSR count). The summed E-state index contributed by atoms with van der Waals surface area (Å²) in [7, 11) is 0. The van der Waals surface area contributed by atoms with E-state index in [1.165, 1.54) is 12.1 Å². The van der Waals surface area contributed by atoms with Crippen LogP contribution in [-0.2, 0) is 15.8 Å². The van der Waals surface area contributed by atoms with Gasteiger partial charge in [0.1, 0.15) is 0 Å². The van der Waals surface area contributed by atoms with Gasteiger partial charge in [-0.25, -0.2) is 0 Å². The third-order valence-corrected chi connectivity index (χ3v) is 6.18. The summed E-state index contributed by atoms with van der Waals surface area (Å²) in [6.45, 7) is 4.11. The highest BCUT2D eigenvalue weighted by atomic mass is 19.4. The maximum atomic E-state index is 13.0. The Hall–Kier alpha value is -3.07. The second kappa shape index (κ2) is 9.82. The lowest BCUT2D eigenvalue weighted by atomic mass is 9.90. The van der Waals surface area contributed by atoms with Crippen LogP contribution < -0.4 is 15.5 Å². The highest BCUT2D eigenvalue weighted by molar-refractivity contribution is 6.01. The Kier molecular flexibility index (Phi) is 6.88. The molecule has 2 aliphatic rings. The van der Waals surface area contributed by atoms with Gasteiger partial charge in [-0.15, -0.1) is 0 Å². The van der Waals surface area contributed by atoms with E-state index in [4.69, 9.17) is 0 Å². The fourth-order valence-electron chi connectivity index (χ4n) is 4.39. The minimum Gasteiger partial charge on any atom is -0.369 e. The van der Waals surface area contributed by atoms with Gasteiger partial charge in [0.2, 0.25) is 11.8 Å². The van der Waals surface area contributed by atoms with Gasteiger partial charge in [0, 0.05) is 50.5 Å². The van der Waals surface area contributed by atoms with E-state index in [0.717, 1.165) is 37.7 Å². The summed E-state index contributed by atoms with van der Waals surface area (Å²) in [5, 5.41) is 5.74. The zero-order chi connectivity index (χ0) is 23.4. The number of anilines is 2. The van der Waals surface area contributed by atoms with Gasteiger partial charge < -0.3 is 15.5 Å². The van der Waals surface area contributed by atoms with Crippen molar-refractivity contribution in [1.29, 1.82) is 0 Å². The highest BCUT2D eigenvalue weighted by Gasteiger charge is 2.31. The van der Waals surface area contributed by atoms with Gasteiger partial charge in [0.05, 0.1) is 11.5 Å². The van der Waals surface area contributed by atoms with Crippen molar-refractivity contribution >= 4 is 23.2 Å². The van der Waals surface area contributed by atoms with Crippen molar-refractivity contribution in [2.45, 2.75) is 24.9 Å². The van der Waals surface area contributed by atoms with Crippen LogP contribution in [0.4, 0.5) is 24.5 Å². The molecule has 0 aliphatic carbocycles. The number of nitrogens with one attached hydrogen (secondary N) is 2. The molecule has 0 spiro atoms. The van der Waals surface area contributed by atoms with Gasteiger partial charge in [-0.1, -0.05) is 24.3 Å². The number of fused-ring (bicyclic) bond motifs is 1. The largest absolute Gasteiger partial charge is 0.416 e. The van der Waals surface area contributed by atoms with E-state index in [-0.39, 0.29) is 18.2 Å². The Morgan fingerprint density at radius 3 is 2.58 bits per heavy atom. The number of rotatable bonds is 6. The molecule has 2 aromatic carbocycles. The van der Waals surface area contributed by atoms with Crippen LogP contribution in [0, 0.1) is 0 Å². The fraction of sp³-hybridized carbons (Fsp3) is 0.417. The van der Waals surface area contributed by atoms with Crippen LogP contribution in [0.15, 0.2) is 48.5 Å². The third kappa shape index (κ3) is 5.65. The topological polar surface area (TPSA) is 64.7 Å². The standard InChI is InChI=1S/C24H27F3N4O2/c25-24(26,27)17-5-3-6-18(15-17)31-13-11-30(12-14-31)10-4-9-28-23(33)20-16-22(32)29-21-8-2-1-7-19(20)21/h1-3,5-8,15,20H,4,9-14,16H2,(H,28,33)(H,29,32). The maximum Gasteiger partial charge on any atom is 0.416 e. The Labute approximate surface area is 190 Å². The van der Waals surface area contributed by atoms with Crippen LogP contribution >= 0.6 is 0 Å². The van der Waals surface area contributed by atoms with Crippen molar-refractivity contribution in [3.8, 4) is 0 Å². The molecule has 1 unspecified atom stereocenters. The van der Waals surface area contributed by atoms with Gasteiger partial charge >= 0.3 is 6.18 Å². The molecule has 1 saturated heterocycles. The minimum absolute atomic E-state index is 0.139. The first-order chi connectivity index (χ1) is 15.8. The molecule has 2 aromatic rings. The molecule has 2 aliphatic heterocycles. The normalized spacial score (nSPS) is 19.1. The molecule has 0 radical (unpaired) electrons. The van der Waals surface area contributed by atoms with E-state index in [1.54, 1.807) is 12.1 Å². The lowest BCUT2D eigenvalue weighted by Crippen LogP contribution is -2.47. The molecule has 0 saturated carbocycles. The molecule has 2 heterocycles. The number of piperazine rings is 1. The van der Waals surface area contributed by atoms with E-state index in [2.05, 4.69) is 15.5 Å². The first-order valence-electron chi connectivity index (χ1n) is 11.1. The molecule has 9 heteroatoms. The molecular weight excluding hydrogens is 433 g/mol. The second-order valence-corrected chi connectivity index (χ2v) is 8.41. The summed E-state index contributed by atoms with van der Waals surface area (Å²) in [6.07, 6.45) is -3.44. The average molecular weight is 461 g/mol. The molecule has 1 atom stereocenters. The Morgan fingerprint density at radius 1 is 1.06 bits per heavy atom. The summed E-state index contributed by atoms with van der Waals surface area (Å²) in [5.74, 6) is -0.787. The van der Waals surface area contributed by atoms with Crippen molar-refractivity contribution in [3.63, 3.8) is 0 Å². The van der Waals surface area contributed by atoms with Gasteiger partial charge in [0.25, 0.3) is 0 Å². The number of alkyl halides is 3. The summed E-state index contributed by atoms with van der Waals surface area (Å²) in [6, 6.07) is 12.8. The zero-order valence-electron chi connectivity index (χ0n) is 18.2. The van der Waals surface area contributed by atoms with Crippen molar-refractivity contribution in [1.82, 2.24) is 10.2 Å². The Bertz CT molecular complexity index is 1000. The van der Waals surface area contributed by atoms with Crippen LogP contribution in [0.25, 0.3) is 0 Å². The van der Waals surface area contributed by atoms with E-state index >= 15 is 0 Å². The van der Waals surface area contributed by atoms with E-state index < -0.39 is 17.7 Å². The number of hydrogen-bond donors (Lipinski definition) is 2. The molecular formula is C24H27F3N4O2. The monoisotopic (exact) mass is 460 g/mol. The predicted molar refractivity (Wildman–Crippen MR) is 120 cm³/mol. The molecule has 2 N–H and O–H groups in total. The van der Waals surface area contributed by atoms with Gasteiger partial charge in [-0.3, -0.25) is 14.5 Å². The van der Waals surface area contributed by atoms with Crippen molar-refractivity contribution in [3.05, 3.63) is 59.7 Å². The number of halogens is 3. The lowest BCUT2D eigenvalue weighted by Gasteiger charge is -2.36. The number of carbonyl (C=O) groups excluding carboxylic acids is 2. The molecule has 176 valence electrons. The van der Waals surface area contributed by atoms with Gasteiger partial charge in [-0.2, -0.15) is 13.2 Å². The summed E-state index contributed by atoms with van der Waals surface area (Å²) < 4.78 is 38.9. The van der Waals surface area contributed by atoms with Crippen molar-refractivity contribution in [2.24, 2.45) is 0 Å². The van der Waals surface area contributed by atoms with Crippen LogP contribution in [0.2, 0.25) is 0 Å². The molecule has 2 amide bonds. The van der Waals surface area contributed by atoms with Crippen LogP contribution in [-0.4, -0.2) is 56.0 Å². The Balaban J connectivity index is 1.21. The first-order valence-corrected chi connectivity index (χ1v) is 11.1. The SMILES string of the molecule is O=C1CC(C(=O)NCCCN2CCN(c3cccc(C(F)(F)F)c3)CC2)c2ccccc2N1. The number of para-hydroxylation sites is 1. The maximum absolute atomic E-state index is 13.0. The smallest absolute Gasteiger partial charge is 0.369 e. The first kappa shape index (κ1) is 23.1. The molecule has 0 bridgehead atoms. The third-order valence-electron chi connectivity index (χ3n) is 6.18. The summed E-state index contributed by atoms with van der Waals surface area (Å²) in [5.41, 5.74) is 1.48. The van der Waals surface area contributed by atoms with Crippen LogP contribution in [0.1, 0.15) is 29.9 Å². The quantitative estimate of drug-likeness (QED) is 0.649. The van der Waals surface area contributed by atoms with E-state index in [9.17, 15) is 22.8 Å². The van der Waals surface area contributed by atoms with Crippen LogP contribution in [0.3, 0.4) is 0 Å². The summed E-state index contributed by atoms with van der Waals surface area (Å²) in [4.78, 5) is 28.8. The zero-order valence-corrected chi connectivity index (χ0v) is 18.2. The van der Waals surface area contributed by atoms with Crippen molar-refractivity contribution < 1.29 is 22.8 Å². The Morgan fingerprint density at radius 2 is 1.82 bits per heavy atom. The predicted octanol–water partition coefficient (Wildman–Crippen LogP) is 3.46. The highest BCUT2D eigenvalue weighted by Crippen LogP contribution is 2.33. The van der Waals surface area contributed by atoms with Gasteiger partial charge in [0.15, 0.2) is 0 Å². The molecule has 6 nitrogen and oxygen atoms in total. The van der Waals surface area contributed by atoms with Gasteiger partial charge in [-0.05, 0) is 42.8 Å². The molecule has 0 aromatic heterocycles. The lowest BCUT2D eigenvalue weighted by molar-refractivity contribution is -0.137. The second-order valence-electron chi connectivity index (χ2n) is 8.41. The number of nitrogens with zero attached hydrogens (tertiary/aromatic N) is 2. The van der Waals surface area contributed by atoms with Crippen molar-refractivity contribution in [2.75, 3.05) is 49.5 Å².